The average molecular weight is 120 g/mol. The summed E-state index contributed by atoms with van der Waals surface area (Å²) in [6.45, 7) is -0.107. The van der Waals surface area contributed by atoms with E-state index in [0.29, 0.717) is 0 Å². The smallest absolute Gasteiger partial charge is 0.159 e. The van der Waals surface area contributed by atoms with Gasteiger partial charge in [-0.25, -0.2) is 10.1 Å². The van der Waals surface area contributed by atoms with Crippen molar-refractivity contribution in [2.75, 3.05) is 20.2 Å². The molecule has 0 atom stereocenters. The monoisotopic (exact) mass is 120 g/mol. The zero-order valence-corrected chi connectivity index (χ0v) is 4.57. The molecule has 0 unspecified atom stereocenters. The van der Waals surface area contributed by atoms with Crippen LogP contribution in [0.2, 0.25) is 0 Å². The van der Waals surface area contributed by atoms with Gasteiger partial charge in [-0.05, 0) is 0 Å². The van der Waals surface area contributed by atoms with E-state index < -0.39 is 5.03 Å². The van der Waals surface area contributed by atoms with Gasteiger partial charge in [0.25, 0.3) is 0 Å². The first kappa shape index (κ1) is 7.16. The van der Waals surface area contributed by atoms with Gasteiger partial charge in [0.2, 0.25) is 0 Å². The molecule has 0 rings (SSSR count). The summed E-state index contributed by atoms with van der Waals surface area (Å²) < 4.78 is 0. The Hall–Kier alpha value is -0.840. The highest BCUT2D eigenvalue weighted by molar-refractivity contribution is 4.29. The predicted octanol–water partition coefficient (Wildman–Crippen LogP) is -0.898. The molecule has 0 aliphatic carbocycles. The third-order valence-electron chi connectivity index (χ3n) is 0.702. The van der Waals surface area contributed by atoms with Gasteiger partial charge in [0, 0.05) is 0 Å². The van der Waals surface area contributed by atoms with E-state index in [1.807, 2.05) is 0 Å². The molecule has 0 aromatic carbocycles. The van der Waals surface area contributed by atoms with Crippen LogP contribution >= 0.6 is 0 Å². The van der Waals surface area contributed by atoms with Gasteiger partial charge >= 0.3 is 0 Å². The lowest BCUT2D eigenvalue weighted by atomic mass is 10.7. The van der Waals surface area contributed by atoms with Crippen LogP contribution in [-0.4, -0.2) is 35.3 Å². The summed E-state index contributed by atoms with van der Waals surface area (Å²) in [5, 5.41) is 18.1. The Morgan fingerprint density at radius 1 is 1.88 bits per heavy atom. The van der Waals surface area contributed by atoms with Crippen LogP contribution in [0, 0.1) is 10.1 Å². The quantitative estimate of drug-likeness (QED) is 0.387. The predicted molar refractivity (Wildman–Crippen MR) is 26.7 cm³/mol. The number of hydrogen-bond donors (Lipinski definition) is 1. The Labute approximate surface area is 46.6 Å². The molecule has 5 heteroatoms. The fraction of sp³-hybridized carbons (Fsp3) is 1.00. The third-order valence-corrected chi connectivity index (χ3v) is 0.702. The summed E-state index contributed by atoms with van der Waals surface area (Å²) in [5.41, 5.74) is 0. The second-order valence-corrected chi connectivity index (χ2v) is 1.34. The highest BCUT2D eigenvalue weighted by atomic mass is 16.7. The average Bonchev–Trinajstić information content (AvgIpc) is 1.67. The van der Waals surface area contributed by atoms with Crippen molar-refractivity contribution >= 4 is 0 Å². The lowest BCUT2D eigenvalue weighted by molar-refractivity contribution is -0.649. The van der Waals surface area contributed by atoms with E-state index in [1.54, 1.807) is 0 Å². The molecule has 5 nitrogen and oxygen atoms in total. The number of likely N-dealkylation sites (N-methyl/N-ethyl adjacent to an activating group) is 1. The van der Waals surface area contributed by atoms with Crippen molar-refractivity contribution < 1.29 is 10.1 Å². The molecule has 0 aliphatic rings. The molecule has 0 fully saturated rings. The van der Waals surface area contributed by atoms with Gasteiger partial charge in [0.1, 0.15) is 6.54 Å². The fourth-order valence-corrected chi connectivity index (χ4v) is 0.226. The van der Waals surface area contributed by atoms with E-state index in [-0.39, 0.29) is 13.2 Å². The molecule has 0 saturated carbocycles. The van der Waals surface area contributed by atoms with Crippen LogP contribution in [0.5, 0.6) is 0 Å². The Balaban J connectivity index is 3.32. The number of nitro groups is 1. The Kier molecular flexibility index (Phi) is 2.86. The maximum Gasteiger partial charge on any atom is 0.159 e. The maximum absolute atomic E-state index is 9.71. The molecule has 0 aliphatic heterocycles. The van der Waals surface area contributed by atoms with Gasteiger partial charge in [-0.15, -0.1) is 5.01 Å². The third kappa shape index (κ3) is 2.35. The summed E-state index contributed by atoms with van der Waals surface area (Å²) in [4.78, 5) is 9.71. The number of aliphatic hydroxyl groups is 1. The second kappa shape index (κ2) is 3.20. The van der Waals surface area contributed by atoms with Crippen LogP contribution in [0.3, 0.4) is 0 Å². The molecule has 1 N–H and O–H groups in total. The number of hydrogen-bond acceptors (Lipinski definition) is 3. The van der Waals surface area contributed by atoms with Crippen LogP contribution < -0.4 is 0 Å². The number of hydrazine groups is 1. The highest BCUT2D eigenvalue weighted by Crippen LogP contribution is 1.77. The van der Waals surface area contributed by atoms with Crippen LogP contribution in [0.15, 0.2) is 0 Å². The number of rotatable bonds is 3. The molecular weight excluding hydrogens is 112 g/mol. The first-order valence-corrected chi connectivity index (χ1v) is 2.14. The van der Waals surface area contributed by atoms with Crippen molar-refractivity contribution in [1.29, 1.82) is 0 Å². The Morgan fingerprint density at radius 2 is 2.38 bits per heavy atom. The molecule has 8 heavy (non-hydrogen) atoms. The molecule has 0 spiro atoms. The normalized spacial score (nSPS) is 8.75. The van der Waals surface area contributed by atoms with Crippen molar-refractivity contribution in [3.05, 3.63) is 10.1 Å². The standard InChI is InChI=1S/C3H8N2O3/c1-4(2-3-6)5(7)8/h6H,2-3H2,1H3. The lowest BCUT2D eigenvalue weighted by Crippen LogP contribution is -2.27. The van der Waals surface area contributed by atoms with Gasteiger partial charge in [0.05, 0.1) is 13.7 Å². The lowest BCUT2D eigenvalue weighted by Gasteiger charge is -2.03. The van der Waals surface area contributed by atoms with Crippen molar-refractivity contribution in [2.45, 2.75) is 0 Å². The summed E-state index contributed by atoms with van der Waals surface area (Å²) in [7, 11) is 1.30. The number of aliphatic hydroxyl groups excluding tert-OH is 1. The topological polar surface area (TPSA) is 66.6 Å². The van der Waals surface area contributed by atoms with E-state index in [9.17, 15) is 10.1 Å². The van der Waals surface area contributed by atoms with Gasteiger partial charge in [0.15, 0.2) is 5.03 Å². The van der Waals surface area contributed by atoms with E-state index in [4.69, 9.17) is 5.11 Å². The van der Waals surface area contributed by atoms with Gasteiger partial charge in [-0.1, -0.05) is 0 Å². The van der Waals surface area contributed by atoms with Gasteiger partial charge in [-0.3, -0.25) is 0 Å². The molecule has 0 radical (unpaired) electrons. The fourth-order valence-electron chi connectivity index (χ4n) is 0.226. The van der Waals surface area contributed by atoms with E-state index in [2.05, 4.69) is 0 Å². The highest BCUT2D eigenvalue weighted by Gasteiger charge is 2.02. The largest absolute Gasteiger partial charge is 0.394 e. The van der Waals surface area contributed by atoms with Gasteiger partial charge in [-0.2, -0.15) is 0 Å². The Bertz CT molecular complexity index is 84.6. The zero-order valence-electron chi connectivity index (χ0n) is 4.57. The molecule has 0 aromatic rings. The van der Waals surface area contributed by atoms with Gasteiger partial charge < -0.3 is 5.11 Å². The SMILES string of the molecule is CN(CCO)[N+](=O)[O-]. The van der Waals surface area contributed by atoms with E-state index in [0.717, 1.165) is 5.01 Å². The second-order valence-electron chi connectivity index (χ2n) is 1.34. The van der Waals surface area contributed by atoms with Crippen LogP contribution in [-0.2, 0) is 0 Å². The molecule has 0 saturated heterocycles. The summed E-state index contributed by atoms with van der Waals surface area (Å²) in [5.74, 6) is 0. The summed E-state index contributed by atoms with van der Waals surface area (Å²) >= 11 is 0. The minimum atomic E-state index is -0.573. The minimum Gasteiger partial charge on any atom is -0.394 e. The molecule has 0 heterocycles. The van der Waals surface area contributed by atoms with Crippen LogP contribution in [0.4, 0.5) is 0 Å². The zero-order chi connectivity index (χ0) is 6.57. The summed E-state index contributed by atoms with van der Waals surface area (Å²) in [6, 6.07) is 0. The maximum atomic E-state index is 9.71. The molecular formula is C3H8N2O3. The Morgan fingerprint density at radius 3 is 2.50 bits per heavy atom. The van der Waals surface area contributed by atoms with Crippen molar-refractivity contribution in [3.8, 4) is 0 Å². The van der Waals surface area contributed by atoms with Crippen LogP contribution in [0.1, 0.15) is 0 Å². The van der Waals surface area contributed by atoms with Crippen LogP contribution in [0.25, 0.3) is 0 Å². The van der Waals surface area contributed by atoms with E-state index >= 15 is 0 Å². The van der Waals surface area contributed by atoms with Crippen molar-refractivity contribution in [1.82, 2.24) is 5.01 Å². The molecule has 0 bridgehead atoms. The first-order valence-electron chi connectivity index (χ1n) is 2.14. The molecule has 0 amide bonds. The summed E-state index contributed by atoms with van der Waals surface area (Å²) in [6.07, 6.45) is 0. The molecule has 48 valence electrons. The van der Waals surface area contributed by atoms with E-state index in [1.165, 1.54) is 7.05 Å². The first-order chi connectivity index (χ1) is 3.68. The minimum absolute atomic E-state index is 0.0764. The van der Waals surface area contributed by atoms with Crippen molar-refractivity contribution in [3.63, 3.8) is 0 Å². The van der Waals surface area contributed by atoms with Crippen molar-refractivity contribution in [2.24, 2.45) is 0 Å². The number of nitrogens with zero attached hydrogens (tertiary/aromatic N) is 2. The molecule has 0 aromatic heterocycles.